The summed E-state index contributed by atoms with van der Waals surface area (Å²) in [6, 6.07) is 16.2. The molecule has 1 saturated heterocycles. The largest absolute Gasteiger partial charge is 0.352 e. The van der Waals surface area contributed by atoms with E-state index in [2.05, 4.69) is 10.6 Å². The number of hydrogen-bond donors (Lipinski definition) is 2. The number of hydrogen-bond acceptors (Lipinski definition) is 3. The maximum absolute atomic E-state index is 12.4. The zero-order valence-corrected chi connectivity index (χ0v) is 16.8. The Morgan fingerprint density at radius 2 is 1.59 bits per heavy atom. The fraction of sp³-hybridized carbons (Fsp3) is 0.318. The number of amides is 3. The zero-order chi connectivity index (χ0) is 20.6. The molecule has 1 aliphatic heterocycles. The van der Waals surface area contributed by atoms with Gasteiger partial charge in [0.2, 0.25) is 11.8 Å². The highest BCUT2D eigenvalue weighted by Crippen LogP contribution is 2.19. The van der Waals surface area contributed by atoms with Gasteiger partial charge in [-0.1, -0.05) is 48.0 Å². The summed E-state index contributed by atoms with van der Waals surface area (Å²) >= 11 is 6.11. The van der Waals surface area contributed by atoms with E-state index < -0.39 is 0 Å². The van der Waals surface area contributed by atoms with Crippen molar-refractivity contribution in [2.45, 2.75) is 19.4 Å². The van der Waals surface area contributed by atoms with Gasteiger partial charge in [0.15, 0.2) is 0 Å². The van der Waals surface area contributed by atoms with E-state index in [0.717, 1.165) is 5.56 Å². The van der Waals surface area contributed by atoms with Crippen LogP contribution in [0, 0.1) is 5.92 Å². The molecule has 0 radical (unpaired) electrons. The lowest BCUT2D eigenvalue weighted by molar-refractivity contribution is -0.134. The third-order valence-electron chi connectivity index (χ3n) is 5.07. The molecule has 2 aromatic rings. The molecule has 3 rings (SSSR count). The van der Waals surface area contributed by atoms with Gasteiger partial charge >= 0.3 is 0 Å². The van der Waals surface area contributed by atoms with Gasteiger partial charge in [0, 0.05) is 36.1 Å². The van der Waals surface area contributed by atoms with E-state index in [4.69, 9.17) is 11.6 Å². The molecule has 0 bridgehead atoms. The van der Waals surface area contributed by atoms with Crippen molar-refractivity contribution in [1.82, 2.24) is 15.5 Å². The van der Waals surface area contributed by atoms with Crippen molar-refractivity contribution in [3.63, 3.8) is 0 Å². The Labute approximate surface area is 175 Å². The van der Waals surface area contributed by atoms with Crippen LogP contribution in [0.25, 0.3) is 0 Å². The summed E-state index contributed by atoms with van der Waals surface area (Å²) in [4.78, 5) is 38.5. The zero-order valence-electron chi connectivity index (χ0n) is 16.1. The molecular weight excluding hydrogens is 390 g/mol. The summed E-state index contributed by atoms with van der Waals surface area (Å²) in [7, 11) is 0. The second-order valence-electron chi connectivity index (χ2n) is 7.01. The van der Waals surface area contributed by atoms with Gasteiger partial charge in [-0.25, -0.2) is 0 Å². The smallest absolute Gasteiger partial charge is 0.251 e. The summed E-state index contributed by atoms with van der Waals surface area (Å²) in [5.74, 6) is -0.549. The number of nitrogens with one attached hydrogen (secondary N) is 2. The van der Waals surface area contributed by atoms with Crippen LogP contribution < -0.4 is 10.6 Å². The van der Waals surface area contributed by atoms with Gasteiger partial charge in [-0.3, -0.25) is 14.4 Å². The molecule has 1 aliphatic rings. The Morgan fingerprint density at radius 1 is 0.931 bits per heavy atom. The minimum Gasteiger partial charge on any atom is -0.352 e. The van der Waals surface area contributed by atoms with Crippen LogP contribution >= 0.6 is 11.6 Å². The Bertz CT molecular complexity index is 865. The molecule has 3 amide bonds. The summed E-state index contributed by atoms with van der Waals surface area (Å²) in [5.41, 5.74) is 1.40. The first-order chi connectivity index (χ1) is 14.0. The van der Waals surface area contributed by atoms with Crippen molar-refractivity contribution in [2.24, 2.45) is 5.92 Å². The summed E-state index contributed by atoms with van der Waals surface area (Å²) in [5, 5.41) is 6.21. The van der Waals surface area contributed by atoms with Gasteiger partial charge in [-0.2, -0.15) is 0 Å². The minimum absolute atomic E-state index is 0.0191. The molecule has 6 nitrogen and oxygen atoms in total. The molecule has 1 heterocycles. The number of halogens is 1. The molecule has 0 spiro atoms. The van der Waals surface area contributed by atoms with Crippen LogP contribution in [0.4, 0.5) is 0 Å². The van der Waals surface area contributed by atoms with Crippen molar-refractivity contribution >= 4 is 29.3 Å². The highest BCUT2D eigenvalue weighted by atomic mass is 35.5. The second-order valence-corrected chi connectivity index (χ2v) is 7.42. The number of benzene rings is 2. The molecule has 0 aromatic heterocycles. The van der Waals surface area contributed by atoms with Crippen molar-refractivity contribution in [3.8, 4) is 0 Å². The number of rotatable bonds is 6. The first-order valence-electron chi connectivity index (χ1n) is 9.66. The van der Waals surface area contributed by atoms with Gasteiger partial charge in [-0.15, -0.1) is 0 Å². The van der Waals surface area contributed by atoms with Crippen LogP contribution in [-0.4, -0.2) is 42.3 Å². The van der Waals surface area contributed by atoms with Crippen LogP contribution in [0.3, 0.4) is 0 Å². The number of carbonyl (C=O) groups excluding carboxylic acids is 3. The monoisotopic (exact) mass is 413 g/mol. The van der Waals surface area contributed by atoms with E-state index in [1.54, 1.807) is 35.2 Å². The van der Waals surface area contributed by atoms with Crippen LogP contribution in [0.1, 0.15) is 28.8 Å². The van der Waals surface area contributed by atoms with Gasteiger partial charge < -0.3 is 15.5 Å². The third kappa shape index (κ3) is 5.81. The maximum atomic E-state index is 12.4. The van der Waals surface area contributed by atoms with Crippen LogP contribution in [-0.2, 0) is 16.1 Å². The van der Waals surface area contributed by atoms with Crippen molar-refractivity contribution in [2.75, 3.05) is 19.6 Å². The van der Waals surface area contributed by atoms with Crippen molar-refractivity contribution < 1.29 is 14.4 Å². The molecule has 0 aliphatic carbocycles. The topological polar surface area (TPSA) is 78.5 Å². The first-order valence-corrected chi connectivity index (χ1v) is 10.0. The average Bonchev–Trinajstić information content (AvgIpc) is 2.77. The third-order valence-corrected chi connectivity index (χ3v) is 5.43. The molecule has 7 heteroatoms. The average molecular weight is 414 g/mol. The van der Waals surface area contributed by atoms with Crippen LogP contribution in [0.2, 0.25) is 5.02 Å². The van der Waals surface area contributed by atoms with E-state index in [-0.39, 0.29) is 30.2 Å². The van der Waals surface area contributed by atoms with Crippen molar-refractivity contribution in [1.29, 1.82) is 0 Å². The molecule has 29 heavy (non-hydrogen) atoms. The van der Waals surface area contributed by atoms with E-state index >= 15 is 0 Å². The Balaban J connectivity index is 1.40. The Kier molecular flexibility index (Phi) is 7.25. The highest BCUT2D eigenvalue weighted by molar-refractivity contribution is 6.31. The first kappa shape index (κ1) is 20.9. The molecule has 0 saturated carbocycles. The SMILES string of the molecule is O=C(NCC(=O)N1CCC(C(=O)NCc2ccccc2Cl)CC1)c1ccccc1. The molecular formula is C22H24ClN3O3. The maximum Gasteiger partial charge on any atom is 0.251 e. The predicted molar refractivity (Wildman–Crippen MR) is 111 cm³/mol. The van der Waals surface area contributed by atoms with Gasteiger partial charge in [-0.05, 0) is 36.6 Å². The number of piperidine rings is 1. The fourth-order valence-corrected chi connectivity index (χ4v) is 3.52. The van der Waals surface area contributed by atoms with Gasteiger partial charge in [0.25, 0.3) is 5.91 Å². The number of likely N-dealkylation sites (tertiary alicyclic amines) is 1. The Morgan fingerprint density at radius 3 is 2.28 bits per heavy atom. The quantitative estimate of drug-likeness (QED) is 0.764. The van der Waals surface area contributed by atoms with E-state index in [1.165, 1.54) is 0 Å². The van der Waals surface area contributed by atoms with Gasteiger partial charge in [0.05, 0.1) is 6.54 Å². The lowest BCUT2D eigenvalue weighted by Crippen LogP contribution is -2.46. The van der Waals surface area contributed by atoms with Crippen LogP contribution in [0.15, 0.2) is 54.6 Å². The molecule has 2 aromatic carbocycles. The van der Waals surface area contributed by atoms with Crippen molar-refractivity contribution in [3.05, 3.63) is 70.7 Å². The van der Waals surface area contributed by atoms with Gasteiger partial charge in [0.1, 0.15) is 0 Å². The number of nitrogens with zero attached hydrogens (tertiary/aromatic N) is 1. The second kappa shape index (κ2) is 10.1. The Hall–Kier alpha value is -2.86. The lowest BCUT2D eigenvalue weighted by atomic mass is 9.95. The van der Waals surface area contributed by atoms with E-state index in [9.17, 15) is 14.4 Å². The normalized spacial score (nSPS) is 14.3. The number of carbonyl (C=O) groups is 3. The summed E-state index contributed by atoms with van der Waals surface area (Å²) in [6.45, 7) is 1.36. The molecule has 0 unspecified atom stereocenters. The molecule has 1 fully saturated rings. The summed E-state index contributed by atoms with van der Waals surface area (Å²) < 4.78 is 0. The predicted octanol–water partition coefficient (Wildman–Crippen LogP) is 2.62. The fourth-order valence-electron chi connectivity index (χ4n) is 3.32. The summed E-state index contributed by atoms with van der Waals surface area (Å²) in [6.07, 6.45) is 1.21. The standard InChI is InChI=1S/C22H24ClN3O3/c23-19-9-5-4-8-18(19)14-24-22(29)17-10-12-26(13-11-17)20(27)15-25-21(28)16-6-2-1-3-7-16/h1-9,17H,10-15H2,(H,24,29)(H,25,28). The molecule has 0 atom stereocenters. The lowest BCUT2D eigenvalue weighted by Gasteiger charge is -2.31. The highest BCUT2D eigenvalue weighted by Gasteiger charge is 2.27. The van der Waals surface area contributed by atoms with E-state index in [1.807, 2.05) is 24.3 Å². The molecule has 2 N–H and O–H groups in total. The minimum atomic E-state index is -0.271. The van der Waals surface area contributed by atoms with E-state index in [0.29, 0.717) is 43.1 Å². The molecule has 152 valence electrons. The van der Waals surface area contributed by atoms with Crippen LogP contribution in [0.5, 0.6) is 0 Å².